The van der Waals surface area contributed by atoms with Crippen molar-refractivity contribution >= 4 is 5.91 Å². The minimum Gasteiger partial charge on any atom is -0.378 e. The van der Waals surface area contributed by atoms with Gasteiger partial charge in [-0.05, 0) is 44.4 Å². The van der Waals surface area contributed by atoms with Crippen molar-refractivity contribution in [3.63, 3.8) is 0 Å². The number of ether oxygens (including phenoxy) is 1. The zero-order chi connectivity index (χ0) is 12.9. The maximum atomic E-state index is 12.2. The molecule has 3 aliphatic rings. The van der Waals surface area contributed by atoms with Gasteiger partial charge in [0.15, 0.2) is 0 Å². The number of amides is 1. The molecule has 0 bridgehead atoms. The van der Waals surface area contributed by atoms with Crippen LogP contribution in [0.5, 0.6) is 0 Å². The van der Waals surface area contributed by atoms with E-state index in [-0.39, 0.29) is 5.41 Å². The molecule has 3 fully saturated rings. The Balaban J connectivity index is 1.50. The molecule has 0 saturated heterocycles. The molecule has 0 radical (unpaired) electrons. The summed E-state index contributed by atoms with van der Waals surface area (Å²) in [6.45, 7) is 7.20. The summed E-state index contributed by atoms with van der Waals surface area (Å²) < 4.78 is 5.70. The van der Waals surface area contributed by atoms with Gasteiger partial charge in [0.1, 0.15) is 0 Å². The highest BCUT2D eigenvalue weighted by molar-refractivity contribution is 5.79. The second-order valence-electron chi connectivity index (χ2n) is 6.99. The molecule has 4 unspecified atom stereocenters. The Morgan fingerprint density at radius 2 is 1.89 bits per heavy atom. The smallest absolute Gasteiger partial charge is 0.223 e. The van der Waals surface area contributed by atoms with Crippen molar-refractivity contribution in [2.24, 2.45) is 23.2 Å². The van der Waals surface area contributed by atoms with E-state index in [1.54, 1.807) is 0 Å². The fraction of sp³-hybridized carbons (Fsp3) is 0.933. The summed E-state index contributed by atoms with van der Waals surface area (Å²) in [6.07, 6.45) is 4.94. The lowest BCUT2D eigenvalue weighted by Gasteiger charge is -2.51. The lowest BCUT2D eigenvalue weighted by molar-refractivity contribution is -0.139. The zero-order valence-electron chi connectivity index (χ0n) is 11.7. The fourth-order valence-electron chi connectivity index (χ4n) is 3.83. The molecule has 0 spiro atoms. The number of hydrogen-bond acceptors (Lipinski definition) is 2. The summed E-state index contributed by atoms with van der Waals surface area (Å²) >= 11 is 0. The molecule has 18 heavy (non-hydrogen) atoms. The van der Waals surface area contributed by atoms with Gasteiger partial charge in [-0.1, -0.05) is 13.8 Å². The Bertz CT molecular complexity index is 342. The van der Waals surface area contributed by atoms with Crippen LogP contribution < -0.4 is 5.32 Å². The van der Waals surface area contributed by atoms with Crippen molar-refractivity contribution in [2.75, 3.05) is 6.61 Å². The van der Waals surface area contributed by atoms with Crippen molar-refractivity contribution in [1.29, 1.82) is 0 Å². The molecule has 3 nitrogen and oxygen atoms in total. The molecule has 3 heteroatoms. The Morgan fingerprint density at radius 3 is 2.44 bits per heavy atom. The average molecular weight is 251 g/mol. The Kier molecular flexibility index (Phi) is 2.92. The molecule has 102 valence electrons. The molecule has 0 aromatic heterocycles. The normalized spacial score (nSPS) is 44.1. The van der Waals surface area contributed by atoms with Gasteiger partial charge in [0.25, 0.3) is 0 Å². The second-order valence-corrected chi connectivity index (χ2v) is 6.99. The van der Waals surface area contributed by atoms with Crippen molar-refractivity contribution < 1.29 is 9.53 Å². The zero-order valence-corrected chi connectivity index (χ0v) is 11.7. The minimum absolute atomic E-state index is 0.0905. The summed E-state index contributed by atoms with van der Waals surface area (Å²) in [5.74, 6) is 2.36. The number of fused-ring (bicyclic) bond motifs is 1. The van der Waals surface area contributed by atoms with E-state index in [1.165, 1.54) is 6.42 Å². The van der Waals surface area contributed by atoms with Crippen LogP contribution in [0, 0.1) is 23.2 Å². The number of carbonyl (C=O) groups is 1. The molecule has 0 aliphatic heterocycles. The highest BCUT2D eigenvalue weighted by atomic mass is 16.5. The van der Waals surface area contributed by atoms with Gasteiger partial charge in [-0.2, -0.15) is 0 Å². The second kappa shape index (κ2) is 4.22. The first kappa shape index (κ1) is 12.5. The lowest BCUT2D eigenvalue weighted by Crippen LogP contribution is -2.62. The van der Waals surface area contributed by atoms with Crippen LogP contribution in [-0.2, 0) is 9.53 Å². The first-order valence-corrected chi connectivity index (χ1v) is 7.44. The maximum absolute atomic E-state index is 12.2. The molecule has 3 rings (SSSR count). The van der Waals surface area contributed by atoms with Crippen LogP contribution >= 0.6 is 0 Å². The molecular weight excluding hydrogens is 226 g/mol. The first-order chi connectivity index (χ1) is 8.52. The van der Waals surface area contributed by atoms with Crippen LogP contribution in [0.15, 0.2) is 0 Å². The molecular formula is C15H25NO2. The third-order valence-electron chi connectivity index (χ3n) is 5.48. The van der Waals surface area contributed by atoms with E-state index in [0.29, 0.717) is 24.0 Å². The van der Waals surface area contributed by atoms with Crippen LogP contribution in [-0.4, -0.2) is 24.7 Å². The van der Waals surface area contributed by atoms with Crippen molar-refractivity contribution in [3.8, 4) is 0 Å². The molecule has 1 amide bonds. The predicted molar refractivity (Wildman–Crippen MR) is 70.1 cm³/mol. The number of hydrogen-bond donors (Lipinski definition) is 1. The first-order valence-electron chi connectivity index (χ1n) is 7.44. The lowest BCUT2D eigenvalue weighted by atomic mass is 9.64. The van der Waals surface area contributed by atoms with Gasteiger partial charge in [0.05, 0.1) is 6.10 Å². The van der Waals surface area contributed by atoms with Gasteiger partial charge in [0.2, 0.25) is 5.91 Å². The molecule has 0 aromatic rings. The van der Waals surface area contributed by atoms with E-state index >= 15 is 0 Å². The summed E-state index contributed by atoms with van der Waals surface area (Å²) in [5.41, 5.74) is 0.0905. The molecule has 0 heterocycles. The Labute approximate surface area is 110 Å². The van der Waals surface area contributed by atoms with E-state index in [4.69, 9.17) is 4.74 Å². The van der Waals surface area contributed by atoms with Crippen LogP contribution in [0.4, 0.5) is 0 Å². The number of nitrogens with one attached hydrogen (secondary N) is 1. The van der Waals surface area contributed by atoms with Gasteiger partial charge in [0, 0.05) is 24.0 Å². The van der Waals surface area contributed by atoms with Gasteiger partial charge >= 0.3 is 0 Å². The molecule has 4 atom stereocenters. The molecule has 3 saturated carbocycles. The summed E-state index contributed by atoms with van der Waals surface area (Å²) in [6, 6.07) is 0.304. The van der Waals surface area contributed by atoms with Gasteiger partial charge in [-0.15, -0.1) is 0 Å². The largest absolute Gasteiger partial charge is 0.378 e. The van der Waals surface area contributed by atoms with Crippen LogP contribution in [0.1, 0.15) is 46.5 Å². The highest BCUT2D eigenvalue weighted by Crippen LogP contribution is 2.54. The summed E-state index contributed by atoms with van der Waals surface area (Å²) in [4.78, 5) is 12.2. The van der Waals surface area contributed by atoms with E-state index < -0.39 is 0 Å². The Hall–Kier alpha value is -0.570. The van der Waals surface area contributed by atoms with Gasteiger partial charge < -0.3 is 10.1 Å². The fourth-order valence-corrected chi connectivity index (χ4v) is 3.83. The topological polar surface area (TPSA) is 38.3 Å². The third kappa shape index (κ3) is 1.97. The highest BCUT2D eigenvalue weighted by Gasteiger charge is 2.52. The predicted octanol–water partition coefficient (Wildman–Crippen LogP) is 2.35. The van der Waals surface area contributed by atoms with Crippen molar-refractivity contribution in [2.45, 2.75) is 58.6 Å². The summed E-state index contributed by atoms with van der Waals surface area (Å²) in [7, 11) is 0. The van der Waals surface area contributed by atoms with Gasteiger partial charge in [-0.25, -0.2) is 0 Å². The van der Waals surface area contributed by atoms with Crippen LogP contribution in [0.25, 0.3) is 0 Å². The number of carbonyl (C=O) groups excluding carboxylic acids is 1. The Morgan fingerprint density at radius 1 is 1.22 bits per heavy atom. The number of rotatable bonds is 4. The van der Waals surface area contributed by atoms with Crippen LogP contribution in [0.3, 0.4) is 0 Å². The standard InChI is InChI=1S/C15H25NO2/c1-4-18-13-8-12(15(13,2)3)16-14(17)11-6-9-5-10(9)7-11/h9-13H,4-8H2,1-3H3,(H,16,17). The van der Waals surface area contributed by atoms with Gasteiger partial charge in [-0.3, -0.25) is 4.79 Å². The van der Waals surface area contributed by atoms with E-state index in [0.717, 1.165) is 37.7 Å². The minimum atomic E-state index is 0.0905. The molecule has 0 aromatic carbocycles. The quantitative estimate of drug-likeness (QED) is 0.833. The van der Waals surface area contributed by atoms with E-state index in [2.05, 4.69) is 19.2 Å². The van der Waals surface area contributed by atoms with Crippen molar-refractivity contribution in [1.82, 2.24) is 5.32 Å². The average Bonchev–Trinajstić information content (AvgIpc) is 2.94. The maximum Gasteiger partial charge on any atom is 0.223 e. The van der Waals surface area contributed by atoms with E-state index in [1.807, 2.05) is 6.92 Å². The summed E-state index contributed by atoms with van der Waals surface area (Å²) in [5, 5.41) is 3.26. The molecule has 3 aliphatic carbocycles. The van der Waals surface area contributed by atoms with Crippen molar-refractivity contribution in [3.05, 3.63) is 0 Å². The SMILES string of the molecule is CCOC1CC(NC(=O)C2CC3CC3C2)C1(C)C. The molecule has 1 N–H and O–H groups in total. The van der Waals surface area contributed by atoms with Crippen LogP contribution in [0.2, 0.25) is 0 Å². The monoisotopic (exact) mass is 251 g/mol. The van der Waals surface area contributed by atoms with E-state index in [9.17, 15) is 4.79 Å². The third-order valence-corrected chi connectivity index (χ3v) is 5.48.